The zero-order valence-corrected chi connectivity index (χ0v) is 33.5. The molecule has 1 aromatic heterocycles. The Morgan fingerprint density at radius 3 is 1.80 bits per heavy atom. The van der Waals surface area contributed by atoms with Crippen molar-refractivity contribution < 1.29 is 27.6 Å². The van der Waals surface area contributed by atoms with Crippen LogP contribution in [-0.4, -0.2) is 65.4 Å². The smallest absolute Gasteiger partial charge is 0.351 e. The second-order valence-electron chi connectivity index (χ2n) is 17.0. The average Bonchev–Trinajstić information content (AvgIpc) is 3.14. The van der Waals surface area contributed by atoms with Gasteiger partial charge >= 0.3 is 11.7 Å². The van der Waals surface area contributed by atoms with Gasteiger partial charge in [-0.05, 0) is 54.4 Å². The molecule has 1 N–H and O–H groups in total. The molecule has 0 spiro atoms. The molecule has 0 saturated carbocycles. The van der Waals surface area contributed by atoms with Gasteiger partial charge < -0.3 is 22.9 Å². The fourth-order valence-electron chi connectivity index (χ4n) is 3.76. The van der Waals surface area contributed by atoms with Crippen LogP contribution in [0.4, 0.5) is 5.82 Å². The van der Waals surface area contributed by atoms with Crippen molar-refractivity contribution in [2.24, 2.45) is 5.92 Å². The number of anilines is 1. The lowest BCUT2D eigenvalue weighted by atomic mass is 10.1. The maximum atomic E-state index is 13.5. The van der Waals surface area contributed by atoms with Crippen LogP contribution in [0.1, 0.15) is 82.4 Å². The third-order valence-corrected chi connectivity index (χ3v) is 23.5. The van der Waals surface area contributed by atoms with Crippen LogP contribution < -0.4 is 11.2 Å². The molecule has 0 aliphatic carbocycles. The van der Waals surface area contributed by atoms with Gasteiger partial charge in [-0.1, -0.05) is 76.2 Å². The summed E-state index contributed by atoms with van der Waals surface area (Å²) >= 11 is 0. The molecule has 0 amide bonds. The molecule has 1 fully saturated rings. The zero-order chi connectivity index (χ0) is 34.3. The van der Waals surface area contributed by atoms with Gasteiger partial charge in [-0.25, -0.2) is 15.1 Å². The normalized spacial score (nSPS) is 22.4. The number of hydrogen-bond acceptors (Lipinski definition) is 9. The quantitative estimate of drug-likeness (QED) is 0.189. The first-order chi connectivity index (χ1) is 19.6. The van der Waals surface area contributed by atoms with Gasteiger partial charge in [0, 0.05) is 12.3 Å². The van der Waals surface area contributed by atoms with Crippen molar-refractivity contribution in [1.29, 1.82) is 0 Å². The second kappa shape index (κ2) is 13.4. The monoisotopic (exact) mass is 671 g/mol. The predicted octanol–water partition coefficient (Wildman–Crippen LogP) is 7.47. The molecule has 0 aromatic carbocycles. The second-order valence-corrected chi connectivity index (χ2v) is 31.3. The summed E-state index contributed by atoms with van der Waals surface area (Å²) in [5.74, 6) is -0.647. The number of nitrogens with zero attached hydrogens (tertiary/aromatic N) is 2. The molecule has 0 unspecified atom stereocenters. The minimum Gasteiger partial charge on any atom is -0.414 e. The van der Waals surface area contributed by atoms with Crippen molar-refractivity contribution in [3.8, 4) is 0 Å². The van der Waals surface area contributed by atoms with E-state index in [4.69, 9.17) is 22.9 Å². The minimum atomic E-state index is -2.37. The third-order valence-electron chi connectivity index (χ3n) is 10.0. The first-order valence-corrected chi connectivity index (χ1v) is 24.5. The summed E-state index contributed by atoms with van der Waals surface area (Å²) in [4.78, 5) is 34.7. The Bertz CT molecular complexity index is 1200. The largest absolute Gasteiger partial charge is 0.414 e. The Hall–Kier alpha value is -1.36. The fourth-order valence-corrected chi connectivity index (χ4v) is 7.38. The van der Waals surface area contributed by atoms with E-state index in [9.17, 15) is 9.59 Å². The van der Waals surface area contributed by atoms with Gasteiger partial charge in [0.2, 0.25) is 0 Å². The van der Waals surface area contributed by atoms with E-state index in [1.807, 2.05) is 0 Å². The number of aromatic nitrogens is 2. The highest BCUT2D eigenvalue weighted by atomic mass is 28.4. The van der Waals surface area contributed by atoms with Gasteiger partial charge in [0.25, 0.3) is 0 Å². The standard InChI is InChI=1S/C31H61N3O7Si3/c1-21(2)27(35)39-33-23-18-19-34(28(36)32-23)26-25(41-44(16,17)31(9,10)11)24(40-43(14,15)30(6,7)8)22(38-26)20-37-42(12,13)29(3,4)5/h18-19,21-22,24-26H,20H2,1-17H3,(H,32,33,36)/t22-,24-,25-,26-/m1/s1. The summed E-state index contributed by atoms with van der Waals surface area (Å²) in [6, 6.07) is 1.59. The molecule has 1 aliphatic rings. The van der Waals surface area contributed by atoms with E-state index < -0.39 is 61.2 Å². The summed E-state index contributed by atoms with van der Waals surface area (Å²) in [5, 5.41) is -0.136. The number of hydrogen-bond donors (Lipinski definition) is 1. The molecule has 4 atom stereocenters. The van der Waals surface area contributed by atoms with Gasteiger partial charge in [0.05, 0.1) is 12.5 Å². The van der Waals surface area contributed by atoms with Crippen LogP contribution in [0.15, 0.2) is 17.1 Å². The number of rotatable bonds is 11. The Labute approximate surface area is 269 Å². The molecule has 0 radical (unpaired) electrons. The van der Waals surface area contributed by atoms with Gasteiger partial charge in [-0.2, -0.15) is 4.98 Å². The fraction of sp³-hybridized carbons (Fsp3) is 0.839. The predicted molar refractivity (Wildman–Crippen MR) is 184 cm³/mol. The minimum absolute atomic E-state index is 0.0144. The molecular formula is C31H61N3O7Si3. The molecule has 13 heteroatoms. The lowest BCUT2D eigenvalue weighted by Crippen LogP contribution is -2.54. The van der Waals surface area contributed by atoms with Crippen LogP contribution in [0, 0.1) is 5.92 Å². The van der Waals surface area contributed by atoms with Crippen molar-refractivity contribution >= 4 is 36.7 Å². The first-order valence-electron chi connectivity index (χ1n) is 15.8. The summed E-state index contributed by atoms with van der Waals surface area (Å²) < 4.78 is 29.2. The number of carbonyl (C=O) groups is 1. The Morgan fingerprint density at radius 1 is 0.886 bits per heavy atom. The van der Waals surface area contributed by atoms with Crippen molar-refractivity contribution in [2.75, 3.05) is 12.1 Å². The van der Waals surface area contributed by atoms with Crippen LogP contribution in [0.25, 0.3) is 0 Å². The SMILES string of the molecule is CC(C)C(=O)ONc1ccn([C@@H]2O[C@H](CO[Si](C)(C)C(C)(C)C)[C@@H](O[Si](C)(C)C(C)(C)C)[C@H]2O[Si](C)(C)C(C)(C)C)c(=O)n1. The molecule has 1 aromatic rings. The molecule has 2 heterocycles. The highest BCUT2D eigenvalue weighted by Crippen LogP contribution is 2.46. The van der Waals surface area contributed by atoms with Crippen molar-refractivity contribution in [1.82, 2.24) is 9.55 Å². The van der Waals surface area contributed by atoms with Crippen LogP contribution in [0.2, 0.25) is 54.4 Å². The molecular weight excluding hydrogens is 611 g/mol. The summed E-state index contributed by atoms with van der Waals surface area (Å²) in [6.45, 7) is 36.9. The van der Waals surface area contributed by atoms with E-state index in [0.717, 1.165) is 0 Å². The van der Waals surface area contributed by atoms with Crippen molar-refractivity contribution in [2.45, 2.75) is 155 Å². The van der Waals surface area contributed by atoms with Crippen LogP contribution in [0.5, 0.6) is 0 Å². The number of ether oxygens (including phenoxy) is 1. The Balaban J connectivity index is 2.63. The summed E-state index contributed by atoms with van der Waals surface area (Å²) in [7, 11) is -6.82. The maximum Gasteiger partial charge on any atom is 0.351 e. The molecule has 0 bridgehead atoms. The van der Waals surface area contributed by atoms with Crippen molar-refractivity contribution in [3.05, 3.63) is 22.7 Å². The topological polar surface area (TPSA) is 110 Å². The van der Waals surface area contributed by atoms with Crippen molar-refractivity contribution in [3.63, 3.8) is 0 Å². The molecule has 1 saturated heterocycles. The lowest BCUT2D eigenvalue weighted by Gasteiger charge is -2.44. The zero-order valence-electron chi connectivity index (χ0n) is 30.5. The highest BCUT2D eigenvalue weighted by Gasteiger charge is 2.55. The van der Waals surface area contributed by atoms with E-state index in [0.29, 0.717) is 6.61 Å². The van der Waals surface area contributed by atoms with Gasteiger partial charge in [-0.3, -0.25) is 4.57 Å². The van der Waals surface area contributed by atoms with Crippen LogP contribution >= 0.6 is 0 Å². The Kier molecular flexibility index (Phi) is 11.8. The number of carbonyl (C=O) groups excluding carboxylic acids is 1. The van der Waals surface area contributed by atoms with Crippen LogP contribution in [0.3, 0.4) is 0 Å². The molecule has 2 rings (SSSR count). The van der Waals surface area contributed by atoms with Gasteiger partial charge in [-0.15, -0.1) is 0 Å². The van der Waals surface area contributed by atoms with E-state index in [-0.39, 0.29) is 26.9 Å². The highest BCUT2D eigenvalue weighted by molar-refractivity contribution is 6.75. The van der Waals surface area contributed by atoms with E-state index in [1.165, 1.54) is 4.57 Å². The average molecular weight is 672 g/mol. The summed E-state index contributed by atoms with van der Waals surface area (Å²) in [5.41, 5.74) is 1.94. The lowest BCUT2D eigenvalue weighted by molar-refractivity contribution is -0.144. The van der Waals surface area contributed by atoms with E-state index in [1.54, 1.807) is 26.1 Å². The summed E-state index contributed by atoms with van der Waals surface area (Å²) in [6.07, 6.45) is -0.686. The molecule has 254 valence electrons. The van der Waals surface area contributed by atoms with Crippen LogP contribution in [-0.2, 0) is 27.6 Å². The molecule has 10 nitrogen and oxygen atoms in total. The maximum absolute atomic E-state index is 13.5. The Morgan fingerprint density at radius 2 is 1.36 bits per heavy atom. The third kappa shape index (κ3) is 9.13. The first kappa shape index (κ1) is 38.8. The van der Waals surface area contributed by atoms with E-state index >= 15 is 0 Å². The van der Waals surface area contributed by atoms with Gasteiger partial charge in [0.1, 0.15) is 18.3 Å². The van der Waals surface area contributed by atoms with Gasteiger partial charge in [0.15, 0.2) is 37.0 Å². The number of nitrogens with one attached hydrogen (secondary N) is 1. The molecule has 1 aliphatic heterocycles. The molecule has 44 heavy (non-hydrogen) atoms. The van der Waals surface area contributed by atoms with E-state index in [2.05, 4.69) is 112 Å².